The second-order valence-electron chi connectivity index (χ2n) is 3.82. The molecule has 4 nitrogen and oxygen atoms in total. The van der Waals surface area contributed by atoms with E-state index < -0.39 is 0 Å². The number of esters is 1. The predicted molar refractivity (Wildman–Crippen MR) is 79.7 cm³/mol. The minimum atomic E-state index is -0.362. The normalized spacial score (nSPS) is 11.6. The fourth-order valence-corrected chi connectivity index (χ4v) is 2.75. The first-order valence-corrected chi connectivity index (χ1v) is 7.39. The molecular weight excluding hydrogens is 328 g/mol. The van der Waals surface area contributed by atoms with Gasteiger partial charge >= 0.3 is 5.97 Å². The number of carbonyl (C=O) groups is 1. The first-order valence-electron chi connectivity index (χ1n) is 5.72. The lowest BCUT2D eigenvalue weighted by molar-refractivity contribution is -0.136. The molecule has 0 spiro atoms. The number of halogens is 1. The maximum Gasteiger partial charge on any atom is 0.341 e. The third kappa shape index (κ3) is 3.33. The molecule has 0 radical (unpaired) electrons. The number of nitrogens with zero attached hydrogens (tertiary/aromatic N) is 2. The SMILES string of the molecule is CCOC(=O)C(=Cc1csc(Br)c1)c1nccn1C. The molecule has 2 rings (SSSR count). The first-order chi connectivity index (χ1) is 9.11. The van der Waals surface area contributed by atoms with E-state index in [0.717, 1.165) is 9.35 Å². The molecule has 100 valence electrons. The van der Waals surface area contributed by atoms with E-state index in [2.05, 4.69) is 20.9 Å². The van der Waals surface area contributed by atoms with E-state index in [-0.39, 0.29) is 5.97 Å². The van der Waals surface area contributed by atoms with E-state index in [9.17, 15) is 4.79 Å². The number of aryl methyl sites for hydroxylation is 1. The third-order valence-corrected chi connectivity index (χ3v) is 3.98. The molecule has 0 saturated carbocycles. The van der Waals surface area contributed by atoms with Gasteiger partial charge in [0.2, 0.25) is 0 Å². The molecule has 0 atom stereocenters. The average Bonchev–Trinajstić information content (AvgIpc) is 2.95. The molecular formula is C13H13BrN2O2S. The van der Waals surface area contributed by atoms with Crippen molar-refractivity contribution in [2.75, 3.05) is 6.61 Å². The molecule has 0 aliphatic carbocycles. The monoisotopic (exact) mass is 340 g/mol. The number of hydrogen-bond acceptors (Lipinski definition) is 4. The molecule has 0 aliphatic rings. The van der Waals surface area contributed by atoms with Crippen LogP contribution in [0.2, 0.25) is 0 Å². The summed E-state index contributed by atoms with van der Waals surface area (Å²) in [6.45, 7) is 2.13. The Morgan fingerprint density at radius 3 is 2.95 bits per heavy atom. The molecule has 19 heavy (non-hydrogen) atoms. The van der Waals surface area contributed by atoms with E-state index in [4.69, 9.17) is 4.74 Å². The zero-order chi connectivity index (χ0) is 13.8. The summed E-state index contributed by atoms with van der Waals surface area (Å²) in [4.78, 5) is 16.3. The maximum absolute atomic E-state index is 12.1. The molecule has 0 fully saturated rings. The lowest BCUT2D eigenvalue weighted by Crippen LogP contribution is -2.10. The fourth-order valence-electron chi connectivity index (χ4n) is 1.61. The van der Waals surface area contributed by atoms with Gasteiger partial charge in [-0.3, -0.25) is 0 Å². The summed E-state index contributed by atoms with van der Waals surface area (Å²) >= 11 is 4.97. The van der Waals surface area contributed by atoms with Crippen LogP contribution in [0.25, 0.3) is 11.6 Å². The van der Waals surface area contributed by atoms with Crippen LogP contribution in [0.4, 0.5) is 0 Å². The van der Waals surface area contributed by atoms with Crippen molar-refractivity contribution in [3.05, 3.63) is 39.0 Å². The topological polar surface area (TPSA) is 44.1 Å². The number of ether oxygens (including phenoxy) is 1. The van der Waals surface area contributed by atoms with Gasteiger partial charge in [-0.05, 0) is 45.9 Å². The van der Waals surface area contributed by atoms with Crippen molar-refractivity contribution < 1.29 is 9.53 Å². The largest absolute Gasteiger partial charge is 0.462 e. The minimum absolute atomic E-state index is 0.341. The molecule has 2 aromatic heterocycles. The van der Waals surface area contributed by atoms with Gasteiger partial charge in [-0.15, -0.1) is 11.3 Å². The van der Waals surface area contributed by atoms with Crippen LogP contribution in [0.1, 0.15) is 18.3 Å². The smallest absolute Gasteiger partial charge is 0.341 e. The minimum Gasteiger partial charge on any atom is -0.462 e. The highest BCUT2D eigenvalue weighted by atomic mass is 79.9. The Labute approximate surface area is 123 Å². The number of carbonyl (C=O) groups excluding carboxylic acids is 1. The molecule has 0 N–H and O–H groups in total. The summed E-state index contributed by atoms with van der Waals surface area (Å²) in [6.07, 6.45) is 5.25. The van der Waals surface area contributed by atoms with Crippen LogP contribution < -0.4 is 0 Å². The summed E-state index contributed by atoms with van der Waals surface area (Å²) in [7, 11) is 1.85. The molecule has 2 aromatic rings. The fraction of sp³-hybridized carbons (Fsp3) is 0.231. The van der Waals surface area contributed by atoms with E-state index >= 15 is 0 Å². The zero-order valence-corrected chi connectivity index (χ0v) is 13.0. The summed E-state index contributed by atoms with van der Waals surface area (Å²) in [5, 5.41) is 1.96. The van der Waals surface area contributed by atoms with Gasteiger partial charge in [0.05, 0.1) is 10.4 Å². The van der Waals surface area contributed by atoms with Gasteiger partial charge in [-0.25, -0.2) is 9.78 Å². The summed E-state index contributed by atoms with van der Waals surface area (Å²) in [6, 6.07) is 1.95. The van der Waals surface area contributed by atoms with Crippen molar-refractivity contribution in [3.8, 4) is 0 Å². The van der Waals surface area contributed by atoms with Crippen LogP contribution in [0.5, 0.6) is 0 Å². The lowest BCUT2D eigenvalue weighted by Gasteiger charge is -2.06. The summed E-state index contributed by atoms with van der Waals surface area (Å²) in [5.41, 5.74) is 1.41. The van der Waals surface area contributed by atoms with Crippen molar-refractivity contribution >= 4 is 44.9 Å². The van der Waals surface area contributed by atoms with E-state index in [0.29, 0.717) is 18.0 Å². The third-order valence-electron chi connectivity index (χ3n) is 2.46. The number of hydrogen-bond donors (Lipinski definition) is 0. The highest BCUT2D eigenvalue weighted by Gasteiger charge is 2.17. The van der Waals surface area contributed by atoms with Gasteiger partial charge in [-0.2, -0.15) is 0 Å². The van der Waals surface area contributed by atoms with Gasteiger partial charge in [0.25, 0.3) is 0 Å². The quantitative estimate of drug-likeness (QED) is 0.633. The standard InChI is InChI=1S/C13H13BrN2O2S/c1-3-18-13(17)10(12-15-4-5-16(12)2)6-9-7-11(14)19-8-9/h4-8H,3H2,1-2H3. The highest BCUT2D eigenvalue weighted by molar-refractivity contribution is 9.11. The Bertz CT molecular complexity index is 616. The molecule has 0 amide bonds. The molecule has 0 aromatic carbocycles. The van der Waals surface area contributed by atoms with Gasteiger partial charge in [0.15, 0.2) is 0 Å². The average molecular weight is 341 g/mol. The Morgan fingerprint density at radius 1 is 1.63 bits per heavy atom. The molecule has 0 saturated heterocycles. The van der Waals surface area contributed by atoms with Crippen molar-refractivity contribution in [2.45, 2.75) is 6.92 Å². The van der Waals surface area contributed by atoms with Crippen molar-refractivity contribution in [1.82, 2.24) is 9.55 Å². The number of thiophene rings is 1. The van der Waals surface area contributed by atoms with Crippen LogP contribution in [0.3, 0.4) is 0 Å². The van der Waals surface area contributed by atoms with Gasteiger partial charge in [0.1, 0.15) is 11.4 Å². The van der Waals surface area contributed by atoms with Gasteiger partial charge in [-0.1, -0.05) is 0 Å². The van der Waals surface area contributed by atoms with Crippen LogP contribution in [-0.4, -0.2) is 22.1 Å². The number of imidazole rings is 1. The summed E-state index contributed by atoms with van der Waals surface area (Å²) in [5.74, 6) is 0.236. The van der Waals surface area contributed by atoms with Crippen molar-refractivity contribution in [1.29, 1.82) is 0 Å². The Kier molecular flexibility index (Phi) is 4.55. The Balaban J connectivity index is 2.43. The van der Waals surface area contributed by atoms with Crippen LogP contribution in [-0.2, 0) is 16.6 Å². The Hall–Kier alpha value is -1.40. The molecule has 6 heteroatoms. The Morgan fingerprint density at radius 2 is 2.42 bits per heavy atom. The number of rotatable bonds is 4. The summed E-state index contributed by atoms with van der Waals surface area (Å²) < 4.78 is 7.90. The molecule has 2 heterocycles. The van der Waals surface area contributed by atoms with Gasteiger partial charge < -0.3 is 9.30 Å². The second-order valence-corrected chi connectivity index (χ2v) is 6.11. The lowest BCUT2D eigenvalue weighted by atomic mass is 10.2. The van der Waals surface area contributed by atoms with E-state index in [1.54, 1.807) is 41.3 Å². The van der Waals surface area contributed by atoms with Crippen LogP contribution >= 0.6 is 27.3 Å². The van der Waals surface area contributed by atoms with Crippen LogP contribution in [0, 0.1) is 0 Å². The first kappa shape index (κ1) is 14.0. The predicted octanol–water partition coefficient (Wildman–Crippen LogP) is 3.35. The highest BCUT2D eigenvalue weighted by Crippen LogP contribution is 2.25. The molecule has 0 unspecified atom stereocenters. The van der Waals surface area contributed by atoms with E-state index in [1.807, 2.05) is 18.5 Å². The molecule has 0 aliphatic heterocycles. The van der Waals surface area contributed by atoms with Crippen molar-refractivity contribution in [3.63, 3.8) is 0 Å². The molecule has 0 bridgehead atoms. The number of aromatic nitrogens is 2. The second kappa shape index (κ2) is 6.16. The van der Waals surface area contributed by atoms with Crippen molar-refractivity contribution in [2.24, 2.45) is 7.05 Å². The van der Waals surface area contributed by atoms with Crippen LogP contribution in [0.15, 0.2) is 27.6 Å². The van der Waals surface area contributed by atoms with Gasteiger partial charge in [0, 0.05) is 19.4 Å². The zero-order valence-electron chi connectivity index (χ0n) is 10.6. The maximum atomic E-state index is 12.1. The van der Waals surface area contributed by atoms with E-state index in [1.165, 1.54) is 0 Å².